The van der Waals surface area contributed by atoms with Gasteiger partial charge >= 0.3 is 0 Å². The molecule has 2 nitrogen and oxygen atoms in total. The van der Waals surface area contributed by atoms with E-state index in [-0.39, 0.29) is 0 Å². The first-order valence-electron chi connectivity index (χ1n) is 1.69. The second-order valence-electron chi connectivity index (χ2n) is 1.11. The third-order valence-electron chi connectivity index (χ3n) is 0.298. The zero-order valence-corrected chi connectivity index (χ0v) is 4.05. The molecular weight excluding hydrogens is 74.9 g/mol. The summed E-state index contributed by atoms with van der Waals surface area (Å²) < 4.78 is 0. The minimum Gasteiger partial charge on any atom is -0.304 e. The van der Waals surface area contributed by atoms with Crippen LogP contribution in [0.4, 0.5) is 0 Å². The van der Waals surface area contributed by atoms with Gasteiger partial charge in [-0.3, -0.25) is 0 Å². The van der Waals surface area contributed by atoms with Crippen molar-refractivity contribution in [2.45, 2.75) is 0 Å². The van der Waals surface area contributed by atoms with E-state index in [9.17, 15) is 0 Å². The summed E-state index contributed by atoms with van der Waals surface area (Å²) in [6.07, 6.45) is 1.25. The Morgan fingerprint density at radius 2 is 2.17 bits per heavy atom. The lowest BCUT2D eigenvalue weighted by Crippen LogP contribution is -2.00. The van der Waals surface area contributed by atoms with Gasteiger partial charge in [-0.2, -0.15) is 0 Å². The second-order valence-corrected chi connectivity index (χ2v) is 1.11. The number of hydrogen-bond acceptors (Lipinski definition) is 2. The van der Waals surface area contributed by atoms with Crippen LogP contribution in [0.25, 0.3) is 0 Å². The topological polar surface area (TPSA) is 15.6 Å². The molecule has 0 amide bonds. The third-order valence-corrected chi connectivity index (χ3v) is 0.298. The van der Waals surface area contributed by atoms with Crippen molar-refractivity contribution in [1.29, 1.82) is 0 Å². The van der Waals surface area contributed by atoms with Crippen LogP contribution in [-0.4, -0.2) is 33.1 Å². The molecule has 32 valence electrons. The zero-order chi connectivity index (χ0) is 4.99. The van der Waals surface area contributed by atoms with E-state index in [1.54, 1.807) is 5.01 Å². The van der Waals surface area contributed by atoms with Crippen molar-refractivity contribution in [3.63, 3.8) is 0 Å². The summed E-state index contributed by atoms with van der Waals surface area (Å²) in [7, 11) is 8.51. The predicted octanol–water partition coefficient (Wildman–Crippen LogP) is -0.340. The molecule has 0 unspecified atom stereocenters. The minimum atomic E-state index is 1.25. The molecule has 0 aromatic heterocycles. The van der Waals surface area contributed by atoms with Gasteiger partial charge in [-0.05, 0) is 6.11 Å². The smallest absolute Gasteiger partial charge is 0.133 e. The van der Waals surface area contributed by atoms with Gasteiger partial charge in [-0.15, -0.1) is 0 Å². The molecule has 0 N–H and O–H groups in total. The van der Waals surface area contributed by atoms with Crippen molar-refractivity contribution in [2.24, 2.45) is 5.10 Å². The molecule has 0 fully saturated rings. The SMILES string of the molecule is [B]/C=N\N(C)C. The van der Waals surface area contributed by atoms with Crippen LogP contribution >= 0.6 is 0 Å². The maximum Gasteiger partial charge on any atom is 0.133 e. The molecule has 0 aromatic rings. The molecule has 0 heterocycles. The fraction of sp³-hybridized carbons (Fsp3) is 0.667. The van der Waals surface area contributed by atoms with E-state index in [0.717, 1.165) is 0 Å². The molecule has 6 heavy (non-hydrogen) atoms. The second kappa shape index (κ2) is 2.76. The fourth-order valence-corrected chi connectivity index (χ4v) is 0.133. The normalized spacial score (nSPS) is 9.67. The van der Waals surface area contributed by atoms with Crippen molar-refractivity contribution in [3.05, 3.63) is 0 Å². The van der Waals surface area contributed by atoms with Gasteiger partial charge in [0.05, 0.1) is 0 Å². The highest BCUT2D eigenvalue weighted by molar-refractivity contribution is 6.49. The van der Waals surface area contributed by atoms with E-state index in [4.69, 9.17) is 7.85 Å². The highest BCUT2D eigenvalue weighted by Crippen LogP contribution is 1.65. The summed E-state index contributed by atoms with van der Waals surface area (Å²) in [5, 5.41) is 5.24. The van der Waals surface area contributed by atoms with Gasteiger partial charge in [0.1, 0.15) is 7.85 Å². The van der Waals surface area contributed by atoms with Gasteiger partial charge in [0.2, 0.25) is 0 Å². The fourth-order valence-electron chi connectivity index (χ4n) is 0.133. The van der Waals surface area contributed by atoms with Crippen LogP contribution in [0.15, 0.2) is 5.10 Å². The van der Waals surface area contributed by atoms with Crippen molar-refractivity contribution >= 4 is 14.0 Å². The van der Waals surface area contributed by atoms with Gasteiger partial charge < -0.3 is 5.01 Å². The lowest BCUT2D eigenvalue weighted by Gasteiger charge is -1.99. The average molecular weight is 81.9 g/mol. The molecule has 0 saturated heterocycles. The summed E-state index contributed by atoms with van der Waals surface area (Å²) in [5.41, 5.74) is 0. The molecule has 0 saturated carbocycles. The number of hydrazone groups is 1. The quantitative estimate of drug-likeness (QED) is 0.240. The molecule has 0 bridgehead atoms. The molecule has 2 radical (unpaired) electrons. The van der Waals surface area contributed by atoms with Gasteiger partial charge in [-0.1, -0.05) is 0 Å². The summed E-state index contributed by atoms with van der Waals surface area (Å²) in [4.78, 5) is 0. The Labute approximate surface area is 39.2 Å². The van der Waals surface area contributed by atoms with E-state index in [1.165, 1.54) is 6.11 Å². The monoisotopic (exact) mass is 82.1 g/mol. The van der Waals surface area contributed by atoms with Crippen LogP contribution in [0.2, 0.25) is 0 Å². The predicted molar refractivity (Wildman–Crippen MR) is 27.9 cm³/mol. The van der Waals surface area contributed by atoms with Gasteiger partial charge in [0.25, 0.3) is 0 Å². The lowest BCUT2D eigenvalue weighted by molar-refractivity contribution is 0.441. The van der Waals surface area contributed by atoms with Crippen molar-refractivity contribution < 1.29 is 0 Å². The van der Waals surface area contributed by atoms with Gasteiger partial charge in [-0.25, -0.2) is 5.10 Å². The molecule has 0 atom stereocenters. The van der Waals surface area contributed by atoms with E-state index in [2.05, 4.69) is 5.10 Å². The Morgan fingerprint density at radius 3 is 2.17 bits per heavy atom. The molecule has 0 aromatic carbocycles. The number of rotatable bonds is 1. The number of hydrogen-bond donors (Lipinski definition) is 0. The minimum absolute atomic E-state index is 1.25. The zero-order valence-electron chi connectivity index (χ0n) is 4.05. The van der Waals surface area contributed by atoms with Crippen LogP contribution in [0.5, 0.6) is 0 Å². The first-order chi connectivity index (χ1) is 2.77. The molecule has 0 spiro atoms. The lowest BCUT2D eigenvalue weighted by atomic mass is 10.2. The molecule has 3 heteroatoms. The molecule has 0 aliphatic rings. The summed E-state index contributed by atoms with van der Waals surface area (Å²) >= 11 is 0. The van der Waals surface area contributed by atoms with Crippen molar-refractivity contribution in [1.82, 2.24) is 5.01 Å². The standard InChI is InChI=1S/C3H7BN2/c1-6(2)5-3-4/h3H,1-2H3/b5-3-. The molecule has 0 rings (SSSR count). The first kappa shape index (κ1) is 5.53. The molecular formula is C3H7BN2. The van der Waals surface area contributed by atoms with Crippen LogP contribution in [0.3, 0.4) is 0 Å². The summed E-state index contributed by atoms with van der Waals surface area (Å²) in [6, 6.07) is 0. The van der Waals surface area contributed by atoms with E-state index in [0.29, 0.717) is 0 Å². The van der Waals surface area contributed by atoms with Crippen molar-refractivity contribution in [3.8, 4) is 0 Å². The summed E-state index contributed by atoms with van der Waals surface area (Å²) in [6.45, 7) is 0. The van der Waals surface area contributed by atoms with Crippen LogP contribution in [-0.2, 0) is 0 Å². The Bertz CT molecular complexity index is 50.8. The summed E-state index contributed by atoms with van der Waals surface area (Å²) in [5.74, 6) is 0. The maximum absolute atomic E-state index is 4.90. The average Bonchev–Trinajstić information content (AvgIpc) is 1.35. The number of nitrogens with zero attached hydrogens (tertiary/aromatic N) is 2. The first-order valence-corrected chi connectivity index (χ1v) is 1.69. The third kappa shape index (κ3) is 3.53. The largest absolute Gasteiger partial charge is 0.304 e. The van der Waals surface area contributed by atoms with Gasteiger partial charge in [0, 0.05) is 14.1 Å². The highest BCUT2D eigenvalue weighted by atomic mass is 15.4. The van der Waals surface area contributed by atoms with Crippen LogP contribution in [0, 0.1) is 0 Å². The molecule has 0 aliphatic carbocycles. The van der Waals surface area contributed by atoms with Gasteiger partial charge in [0.15, 0.2) is 0 Å². The Hall–Kier alpha value is -0.465. The maximum atomic E-state index is 4.90. The Kier molecular flexibility index (Phi) is 2.54. The van der Waals surface area contributed by atoms with Crippen LogP contribution < -0.4 is 0 Å². The van der Waals surface area contributed by atoms with E-state index in [1.807, 2.05) is 14.1 Å². The van der Waals surface area contributed by atoms with E-state index < -0.39 is 0 Å². The molecule has 0 aliphatic heterocycles. The Morgan fingerprint density at radius 1 is 1.67 bits per heavy atom. The van der Waals surface area contributed by atoms with Crippen molar-refractivity contribution in [2.75, 3.05) is 14.1 Å². The highest BCUT2D eigenvalue weighted by Gasteiger charge is 1.66. The van der Waals surface area contributed by atoms with E-state index >= 15 is 0 Å². The Balaban J connectivity index is 3.03. The van der Waals surface area contributed by atoms with Crippen LogP contribution in [0.1, 0.15) is 0 Å².